The topological polar surface area (TPSA) is 18.5 Å². The summed E-state index contributed by atoms with van der Waals surface area (Å²) in [4.78, 5) is 0. The minimum absolute atomic E-state index is 0.283. The van der Waals surface area contributed by atoms with Crippen LogP contribution in [-0.4, -0.2) is 18.3 Å². The Morgan fingerprint density at radius 3 is 1.83 bits per heavy atom. The third-order valence-electron chi connectivity index (χ3n) is 3.93. The molecule has 18 heavy (non-hydrogen) atoms. The summed E-state index contributed by atoms with van der Waals surface area (Å²) in [5, 5.41) is 0. The van der Waals surface area contributed by atoms with E-state index in [-0.39, 0.29) is 18.3 Å². The van der Waals surface area contributed by atoms with Gasteiger partial charge in [0, 0.05) is 0 Å². The van der Waals surface area contributed by atoms with Crippen LogP contribution in [0.15, 0.2) is 30.8 Å². The second-order valence-electron chi connectivity index (χ2n) is 5.99. The standard InChI is InChI=1S/C15H21BO2/c1-11(2)12-7-9-13(10-8-12)16-17-14(3,4)15(5,6)18-16/h7-10H,1H2,2-6H3. The van der Waals surface area contributed by atoms with Crippen LogP contribution < -0.4 is 5.46 Å². The van der Waals surface area contributed by atoms with Gasteiger partial charge < -0.3 is 9.31 Å². The maximum absolute atomic E-state index is 6.01. The van der Waals surface area contributed by atoms with Crippen molar-refractivity contribution in [2.75, 3.05) is 0 Å². The zero-order chi connectivity index (χ0) is 13.6. The summed E-state index contributed by atoms with van der Waals surface area (Å²) in [6, 6.07) is 8.21. The third kappa shape index (κ3) is 2.25. The zero-order valence-electron chi connectivity index (χ0n) is 11.9. The van der Waals surface area contributed by atoms with E-state index in [0.717, 1.165) is 16.6 Å². The minimum atomic E-state index is -0.287. The van der Waals surface area contributed by atoms with Crippen LogP contribution in [0, 0.1) is 0 Å². The van der Waals surface area contributed by atoms with E-state index in [1.807, 2.05) is 19.1 Å². The highest BCUT2D eigenvalue weighted by Gasteiger charge is 2.51. The van der Waals surface area contributed by atoms with E-state index in [1.165, 1.54) is 0 Å². The Balaban J connectivity index is 2.22. The average Bonchev–Trinajstić information content (AvgIpc) is 2.48. The van der Waals surface area contributed by atoms with Crippen LogP contribution in [-0.2, 0) is 9.31 Å². The monoisotopic (exact) mass is 244 g/mol. The Morgan fingerprint density at radius 2 is 1.44 bits per heavy atom. The lowest BCUT2D eigenvalue weighted by atomic mass is 9.78. The average molecular weight is 244 g/mol. The molecule has 0 atom stereocenters. The highest BCUT2D eigenvalue weighted by atomic mass is 16.7. The fourth-order valence-electron chi connectivity index (χ4n) is 1.90. The molecule has 0 amide bonds. The van der Waals surface area contributed by atoms with Crippen molar-refractivity contribution in [2.45, 2.75) is 45.8 Å². The Morgan fingerprint density at radius 1 is 1.00 bits per heavy atom. The van der Waals surface area contributed by atoms with Gasteiger partial charge in [0.1, 0.15) is 0 Å². The smallest absolute Gasteiger partial charge is 0.399 e. The second kappa shape index (κ2) is 4.25. The molecule has 1 aliphatic heterocycles. The summed E-state index contributed by atoms with van der Waals surface area (Å²) >= 11 is 0. The van der Waals surface area contributed by atoms with Gasteiger partial charge in [-0.15, -0.1) is 0 Å². The molecule has 1 saturated heterocycles. The first-order chi connectivity index (χ1) is 8.23. The molecule has 96 valence electrons. The van der Waals surface area contributed by atoms with Crippen LogP contribution >= 0.6 is 0 Å². The molecule has 0 aromatic heterocycles. The van der Waals surface area contributed by atoms with E-state index in [1.54, 1.807) is 0 Å². The van der Waals surface area contributed by atoms with Gasteiger partial charge in [-0.05, 0) is 45.6 Å². The number of allylic oxidation sites excluding steroid dienone is 1. The molecular weight excluding hydrogens is 223 g/mol. The normalized spacial score (nSPS) is 21.1. The number of hydrogen-bond acceptors (Lipinski definition) is 2. The molecule has 1 aliphatic rings. The molecule has 3 heteroatoms. The summed E-state index contributed by atoms with van der Waals surface area (Å²) in [5.74, 6) is 0. The van der Waals surface area contributed by atoms with Gasteiger partial charge >= 0.3 is 7.12 Å². The van der Waals surface area contributed by atoms with Gasteiger partial charge in [-0.3, -0.25) is 0 Å². The van der Waals surface area contributed by atoms with Crippen LogP contribution in [0.1, 0.15) is 40.2 Å². The van der Waals surface area contributed by atoms with Crippen molar-refractivity contribution in [1.82, 2.24) is 0 Å². The lowest BCUT2D eigenvalue weighted by Gasteiger charge is -2.32. The molecule has 0 saturated carbocycles. The van der Waals surface area contributed by atoms with Gasteiger partial charge in [-0.25, -0.2) is 0 Å². The lowest BCUT2D eigenvalue weighted by Crippen LogP contribution is -2.41. The highest BCUT2D eigenvalue weighted by Crippen LogP contribution is 2.36. The van der Waals surface area contributed by atoms with Crippen LogP contribution in [0.4, 0.5) is 0 Å². The highest BCUT2D eigenvalue weighted by molar-refractivity contribution is 6.62. The molecule has 2 rings (SSSR count). The zero-order valence-corrected chi connectivity index (χ0v) is 11.9. The fraction of sp³-hybridized carbons (Fsp3) is 0.467. The van der Waals surface area contributed by atoms with Crippen molar-refractivity contribution >= 4 is 18.2 Å². The number of benzene rings is 1. The molecule has 0 spiro atoms. The van der Waals surface area contributed by atoms with Crippen LogP contribution in [0.25, 0.3) is 5.57 Å². The predicted octanol–water partition coefficient (Wildman–Crippen LogP) is 3.02. The van der Waals surface area contributed by atoms with Crippen molar-refractivity contribution in [2.24, 2.45) is 0 Å². The number of hydrogen-bond donors (Lipinski definition) is 0. The lowest BCUT2D eigenvalue weighted by molar-refractivity contribution is 0.00578. The van der Waals surface area contributed by atoms with Gasteiger partial charge in [0.05, 0.1) is 11.2 Å². The van der Waals surface area contributed by atoms with E-state index in [0.29, 0.717) is 0 Å². The van der Waals surface area contributed by atoms with Gasteiger partial charge in [0.25, 0.3) is 0 Å². The predicted molar refractivity (Wildman–Crippen MR) is 76.9 cm³/mol. The van der Waals surface area contributed by atoms with Crippen LogP contribution in [0.3, 0.4) is 0 Å². The van der Waals surface area contributed by atoms with E-state index < -0.39 is 0 Å². The van der Waals surface area contributed by atoms with Gasteiger partial charge in [0.2, 0.25) is 0 Å². The minimum Gasteiger partial charge on any atom is -0.399 e. The second-order valence-corrected chi connectivity index (χ2v) is 5.99. The van der Waals surface area contributed by atoms with E-state index in [9.17, 15) is 0 Å². The molecule has 2 nitrogen and oxygen atoms in total. The van der Waals surface area contributed by atoms with Crippen molar-refractivity contribution in [3.8, 4) is 0 Å². The molecule has 0 radical (unpaired) electrons. The van der Waals surface area contributed by atoms with Crippen molar-refractivity contribution < 1.29 is 9.31 Å². The van der Waals surface area contributed by atoms with E-state index >= 15 is 0 Å². The molecule has 0 bridgehead atoms. The Labute approximate surface area is 110 Å². The molecule has 1 fully saturated rings. The summed E-state index contributed by atoms with van der Waals surface area (Å²) in [5.41, 5.74) is 2.69. The summed E-state index contributed by atoms with van der Waals surface area (Å²) in [6.45, 7) is 14.2. The summed E-state index contributed by atoms with van der Waals surface area (Å²) in [6.07, 6.45) is 0. The Hall–Kier alpha value is -1.06. The van der Waals surface area contributed by atoms with Gasteiger partial charge in [0.15, 0.2) is 0 Å². The number of rotatable bonds is 2. The molecule has 1 aromatic rings. The third-order valence-corrected chi connectivity index (χ3v) is 3.93. The maximum atomic E-state index is 6.01. The fourth-order valence-corrected chi connectivity index (χ4v) is 1.90. The quantitative estimate of drug-likeness (QED) is 0.744. The first-order valence-electron chi connectivity index (χ1n) is 6.34. The summed E-state index contributed by atoms with van der Waals surface area (Å²) in [7, 11) is -0.283. The maximum Gasteiger partial charge on any atom is 0.494 e. The van der Waals surface area contributed by atoms with E-state index in [4.69, 9.17) is 9.31 Å². The Kier molecular flexibility index (Phi) is 3.16. The van der Waals surface area contributed by atoms with Crippen molar-refractivity contribution in [1.29, 1.82) is 0 Å². The van der Waals surface area contributed by atoms with Gasteiger partial charge in [-0.2, -0.15) is 0 Å². The first-order valence-corrected chi connectivity index (χ1v) is 6.34. The molecule has 0 aliphatic carbocycles. The van der Waals surface area contributed by atoms with Crippen molar-refractivity contribution in [3.63, 3.8) is 0 Å². The molecular formula is C15H21BO2. The van der Waals surface area contributed by atoms with E-state index in [2.05, 4.69) is 46.4 Å². The molecule has 0 N–H and O–H groups in total. The molecule has 1 heterocycles. The molecule has 1 aromatic carbocycles. The molecule has 0 unspecified atom stereocenters. The van der Waals surface area contributed by atoms with Crippen LogP contribution in [0.5, 0.6) is 0 Å². The van der Waals surface area contributed by atoms with Crippen LogP contribution in [0.2, 0.25) is 0 Å². The SMILES string of the molecule is C=C(C)c1ccc(B2OC(C)(C)C(C)(C)O2)cc1. The largest absolute Gasteiger partial charge is 0.494 e. The van der Waals surface area contributed by atoms with Gasteiger partial charge in [-0.1, -0.05) is 36.4 Å². The first kappa shape index (κ1) is 13.4. The Bertz CT molecular complexity index is 444. The van der Waals surface area contributed by atoms with Crippen molar-refractivity contribution in [3.05, 3.63) is 36.4 Å². The summed E-state index contributed by atoms with van der Waals surface area (Å²) < 4.78 is 12.0.